The largest absolute Gasteiger partial charge is 0.344 e. The average Bonchev–Trinajstić information content (AvgIpc) is 2.88. The Kier molecular flexibility index (Phi) is 7.41. The fourth-order valence-corrected chi connectivity index (χ4v) is 5.64. The van der Waals surface area contributed by atoms with Crippen molar-refractivity contribution in [3.63, 3.8) is 0 Å². The van der Waals surface area contributed by atoms with Crippen molar-refractivity contribution in [2.24, 2.45) is 0 Å². The van der Waals surface area contributed by atoms with E-state index in [1.54, 1.807) is 0 Å². The van der Waals surface area contributed by atoms with Gasteiger partial charge in [0.2, 0.25) is 15.9 Å². The first-order chi connectivity index (χ1) is 16.4. The number of benzene rings is 3. The summed E-state index contributed by atoms with van der Waals surface area (Å²) in [4.78, 5) is 15.1. The minimum atomic E-state index is -3.78. The topological polar surface area (TPSA) is 69.7 Å². The van der Waals surface area contributed by atoms with Crippen LogP contribution in [0.5, 0.6) is 0 Å². The molecule has 1 fully saturated rings. The highest BCUT2D eigenvalue weighted by Gasteiger charge is 2.32. The Morgan fingerprint density at radius 2 is 1.41 bits per heavy atom. The van der Waals surface area contributed by atoms with Crippen LogP contribution in [0.3, 0.4) is 0 Å². The molecule has 0 saturated carbocycles. The van der Waals surface area contributed by atoms with Crippen molar-refractivity contribution in [1.82, 2.24) is 14.5 Å². The third-order valence-electron chi connectivity index (χ3n) is 6.19. The van der Waals surface area contributed by atoms with Crippen LogP contribution in [-0.4, -0.2) is 55.8 Å². The second kappa shape index (κ2) is 10.5. The minimum Gasteiger partial charge on any atom is -0.344 e. The maximum Gasteiger partial charge on any atom is 0.243 e. The van der Waals surface area contributed by atoms with E-state index in [9.17, 15) is 17.6 Å². The van der Waals surface area contributed by atoms with Crippen LogP contribution in [0.1, 0.15) is 24.1 Å². The first-order valence-corrected chi connectivity index (χ1v) is 12.7. The molecule has 0 bridgehead atoms. The summed E-state index contributed by atoms with van der Waals surface area (Å²) in [5.41, 5.74) is 1.97. The standard InChI is InChI=1S/C26H28FN3O3S/c1-20(26(31)28-25(21-9-4-2-5-10-21)22-11-6-3-7-12-22)29-15-17-30(18-16-29)34(32,33)24-14-8-13-23(27)19-24/h2-14,19-20,25H,15-18H2,1H3,(H,28,31). The van der Waals surface area contributed by atoms with Crippen molar-refractivity contribution in [3.8, 4) is 0 Å². The van der Waals surface area contributed by atoms with Gasteiger partial charge in [0.15, 0.2) is 0 Å². The predicted molar refractivity (Wildman–Crippen MR) is 129 cm³/mol. The average molecular weight is 482 g/mol. The Hall–Kier alpha value is -3.07. The summed E-state index contributed by atoms with van der Waals surface area (Å²) in [6, 6.07) is 23.9. The SMILES string of the molecule is CC(C(=O)NC(c1ccccc1)c1ccccc1)N1CCN(S(=O)(=O)c2cccc(F)c2)CC1. The third-order valence-corrected chi connectivity index (χ3v) is 8.08. The zero-order valence-electron chi connectivity index (χ0n) is 19.0. The molecule has 0 radical (unpaired) electrons. The molecular weight excluding hydrogens is 453 g/mol. The Balaban J connectivity index is 1.42. The second-order valence-corrected chi connectivity index (χ2v) is 10.3. The number of nitrogens with one attached hydrogen (secondary N) is 1. The molecule has 1 aliphatic heterocycles. The van der Waals surface area contributed by atoms with E-state index in [-0.39, 0.29) is 29.9 Å². The van der Waals surface area contributed by atoms with Crippen molar-refractivity contribution >= 4 is 15.9 Å². The molecule has 1 heterocycles. The molecule has 0 spiro atoms. The normalized spacial score (nSPS) is 16.3. The Bertz CT molecular complexity index is 1170. The lowest BCUT2D eigenvalue weighted by Gasteiger charge is -2.37. The van der Waals surface area contributed by atoms with Crippen LogP contribution in [-0.2, 0) is 14.8 Å². The van der Waals surface area contributed by atoms with Gasteiger partial charge in [0.25, 0.3) is 0 Å². The number of nitrogens with zero attached hydrogens (tertiary/aromatic N) is 2. The summed E-state index contributed by atoms with van der Waals surface area (Å²) in [5, 5.41) is 3.17. The predicted octanol–water partition coefficient (Wildman–Crippen LogP) is 3.43. The van der Waals surface area contributed by atoms with Gasteiger partial charge in [0, 0.05) is 26.2 Å². The lowest BCUT2D eigenvalue weighted by molar-refractivity contribution is -0.126. The molecule has 8 heteroatoms. The summed E-state index contributed by atoms with van der Waals surface area (Å²) in [6.45, 7) is 3.11. The molecule has 34 heavy (non-hydrogen) atoms. The Morgan fingerprint density at radius 3 is 1.94 bits per heavy atom. The highest BCUT2D eigenvalue weighted by atomic mass is 32.2. The number of hydrogen-bond acceptors (Lipinski definition) is 4. The van der Waals surface area contributed by atoms with E-state index in [0.29, 0.717) is 13.1 Å². The minimum absolute atomic E-state index is 0.0553. The molecule has 4 rings (SSSR count). The highest BCUT2D eigenvalue weighted by Crippen LogP contribution is 2.23. The van der Waals surface area contributed by atoms with Crippen LogP contribution in [0, 0.1) is 5.82 Å². The second-order valence-electron chi connectivity index (χ2n) is 8.34. The fraction of sp³-hybridized carbons (Fsp3) is 0.269. The lowest BCUT2D eigenvalue weighted by atomic mass is 9.98. The van der Waals surface area contributed by atoms with Crippen LogP contribution in [0.2, 0.25) is 0 Å². The lowest BCUT2D eigenvalue weighted by Crippen LogP contribution is -2.55. The van der Waals surface area contributed by atoms with E-state index in [0.717, 1.165) is 17.2 Å². The summed E-state index contributed by atoms with van der Waals surface area (Å²) in [5.74, 6) is -0.712. The molecule has 3 aromatic carbocycles. The van der Waals surface area contributed by atoms with E-state index < -0.39 is 21.9 Å². The van der Waals surface area contributed by atoms with E-state index in [1.165, 1.54) is 22.5 Å². The molecule has 0 aliphatic carbocycles. The Labute approximate surface area is 200 Å². The monoisotopic (exact) mass is 481 g/mol. The number of carbonyl (C=O) groups is 1. The van der Waals surface area contributed by atoms with Gasteiger partial charge in [-0.2, -0.15) is 4.31 Å². The zero-order chi connectivity index (χ0) is 24.1. The number of amides is 1. The number of carbonyl (C=O) groups excluding carboxylic acids is 1. The van der Waals surface area contributed by atoms with Gasteiger partial charge in [-0.3, -0.25) is 9.69 Å². The van der Waals surface area contributed by atoms with Gasteiger partial charge in [-0.25, -0.2) is 12.8 Å². The summed E-state index contributed by atoms with van der Waals surface area (Å²) in [7, 11) is -3.78. The molecule has 1 atom stereocenters. The van der Waals surface area contributed by atoms with Gasteiger partial charge in [-0.1, -0.05) is 66.7 Å². The smallest absolute Gasteiger partial charge is 0.243 e. The summed E-state index contributed by atoms with van der Waals surface area (Å²) < 4.78 is 40.6. The van der Waals surface area contributed by atoms with E-state index in [2.05, 4.69) is 5.32 Å². The first kappa shape index (κ1) is 24.1. The molecule has 6 nitrogen and oxygen atoms in total. The zero-order valence-corrected chi connectivity index (χ0v) is 19.8. The number of halogens is 1. The van der Waals surface area contributed by atoms with Gasteiger partial charge in [-0.05, 0) is 36.2 Å². The van der Waals surface area contributed by atoms with Crippen LogP contribution in [0.25, 0.3) is 0 Å². The van der Waals surface area contributed by atoms with E-state index in [1.807, 2.05) is 72.5 Å². The third kappa shape index (κ3) is 5.35. The molecule has 1 saturated heterocycles. The first-order valence-electron chi connectivity index (χ1n) is 11.3. The molecule has 1 aliphatic rings. The molecule has 1 N–H and O–H groups in total. The highest BCUT2D eigenvalue weighted by molar-refractivity contribution is 7.89. The molecule has 1 amide bonds. The van der Waals surface area contributed by atoms with Crippen LogP contribution in [0.15, 0.2) is 89.8 Å². The van der Waals surface area contributed by atoms with Crippen LogP contribution >= 0.6 is 0 Å². The van der Waals surface area contributed by atoms with Crippen LogP contribution in [0.4, 0.5) is 4.39 Å². The van der Waals surface area contributed by atoms with Gasteiger partial charge < -0.3 is 5.32 Å². The van der Waals surface area contributed by atoms with Crippen molar-refractivity contribution in [2.45, 2.75) is 23.9 Å². The van der Waals surface area contributed by atoms with Gasteiger partial charge in [0.05, 0.1) is 17.0 Å². The van der Waals surface area contributed by atoms with Gasteiger partial charge in [0.1, 0.15) is 5.82 Å². The van der Waals surface area contributed by atoms with Crippen LogP contribution < -0.4 is 5.32 Å². The number of piperazine rings is 1. The van der Waals surface area contributed by atoms with Gasteiger partial charge in [-0.15, -0.1) is 0 Å². The molecule has 1 unspecified atom stereocenters. The number of hydrogen-bond donors (Lipinski definition) is 1. The maximum absolute atomic E-state index is 13.5. The maximum atomic E-state index is 13.5. The number of sulfonamides is 1. The summed E-state index contributed by atoms with van der Waals surface area (Å²) >= 11 is 0. The van der Waals surface area contributed by atoms with E-state index >= 15 is 0 Å². The molecule has 0 aromatic heterocycles. The Morgan fingerprint density at radius 1 is 0.853 bits per heavy atom. The van der Waals surface area contributed by atoms with Crippen molar-refractivity contribution < 1.29 is 17.6 Å². The fourth-order valence-electron chi connectivity index (χ4n) is 4.19. The van der Waals surface area contributed by atoms with Crippen molar-refractivity contribution in [2.75, 3.05) is 26.2 Å². The van der Waals surface area contributed by atoms with Gasteiger partial charge >= 0.3 is 0 Å². The molecular formula is C26H28FN3O3S. The quantitative estimate of drug-likeness (QED) is 0.562. The van der Waals surface area contributed by atoms with Crippen molar-refractivity contribution in [3.05, 3.63) is 102 Å². The molecule has 3 aromatic rings. The van der Waals surface area contributed by atoms with E-state index in [4.69, 9.17) is 0 Å². The summed E-state index contributed by atoms with van der Waals surface area (Å²) in [6.07, 6.45) is 0. The molecule has 178 valence electrons. The van der Waals surface area contributed by atoms with Crippen molar-refractivity contribution in [1.29, 1.82) is 0 Å². The number of rotatable bonds is 7.